The van der Waals surface area contributed by atoms with E-state index in [1.165, 1.54) is 5.56 Å². The van der Waals surface area contributed by atoms with E-state index in [-0.39, 0.29) is 11.9 Å². The van der Waals surface area contributed by atoms with E-state index < -0.39 is 0 Å². The Bertz CT molecular complexity index is 1100. The summed E-state index contributed by atoms with van der Waals surface area (Å²) in [5.41, 5.74) is 4.72. The molecule has 132 valence electrons. The Kier molecular flexibility index (Phi) is 3.75. The molecular weight excluding hydrogens is 334 g/mol. The summed E-state index contributed by atoms with van der Waals surface area (Å²) in [6, 6.07) is 24.3. The van der Waals surface area contributed by atoms with Gasteiger partial charge in [-0.25, -0.2) is 4.98 Å². The van der Waals surface area contributed by atoms with Gasteiger partial charge in [0.05, 0.1) is 17.3 Å². The first-order valence-corrected chi connectivity index (χ1v) is 9.20. The van der Waals surface area contributed by atoms with Crippen molar-refractivity contribution in [2.24, 2.45) is 0 Å². The highest BCUT2D eigenvalue weighted by atomic mass is 16.2. The summed E-state index contributed by atoms with van der Waals surface area (Å²) >= 11 is 0. The Morgan fingerprint density at radius 2 is 1.63 bits per heavy atom. The van der Waals surface area contributed by atoms with E-state index in [0.717, 1.165) is 29.9 Å². The SMILES string of the molecule is O=C(c1ccc2nc(-c3ccccc3)cn2c1)N1CC[C@H]1c1ccccc1. The summed E-state index contributed by atoms with van der Waals surface area (Å²) in [5.74, 6) is 0.0759. The molecule has 4 aromatic rings. The molecule has 1 aliphatic rings. The van der Waals surface area contributed by atoms with E-state index in [4.69, 9.17) is 0 Å². The van der Waals surface area contributed by atoms with E-state index in [9.17, 15) is 4.79 Å². The molecule has 1 saturated heterocycles. The molecule has 2 aromatic heterocycles. The lowest BCUT2D eigenvalue weighted by Gasteiger charge is -2.41. The van der Waals surface area contributed by atoms with Crippen molar-refractivity contribution in [3.63, 3.8) is 0 Å². The fraction of sp³-hybridized carbons (Fsp3) is 0.130. The first-order chi connectivity index (χ1) is 13.3. The van der Waals surface area contributed by atoms with Crippen LogP contribution in [-0.2, 0) is 0 Å². The molecule has 0 bridgehead atoms. The monoisotopic (exact) mass is 353 g/mol. The quantitative estimate of drug-likeness (QED) is 0.540. The van der Waals surface area contributed by atoms with Gasteiger partial charge in [-0.3, -0.25) is 4.79 Å². The van der Waals surface area contributed by atoms with Crippen molar-refractivity contribution >= 4 is 11.6 Å². The molecule has 0 unspecified atom stereocenters. The maximum atomic E-state index is 13.0. The molecule has 4 nitrogen and oxygen atoms in total. The number of aromatic nitrogens is 2. The molecule has 27 heavy (non-hydrogen) atoms. The molecule has 0 aliphatic carbocycles. The number of amides is 1. The Hall–Kier alpha value is -3.40. The van der Waals surface area contributed by atoms with Gasteiger partial charge < -0.3 is 9.30 Å². The first kappa shape index (κ1) is 15.8. The number of hydrogen-bond acceptors (Lipinski definition) is 2. The van der Waals surface area contributed by atoms with Crippen molar-refractivity contribution in [3.8, 4) is 11.3 Å². The van der Waals surface area contributed by atoms with Crippen LogP contribution in [0, 0.1) is 0 Å². The third kappa shape index (κ3) is 2.79. The van der Waals surface area contributed by atoms with Crippen molar-refractivity contribution in [2.75, 3.05) is 6.54 Å². The molecule has 1 fully saturated rings. The van der Waals surface area contributed by atoms with Crippen molar-refractivity contribution in [2.45, 2.75) is 12.5 Å². The van der Waals surface area contributed by atoms with Gasteiger partial charge in [-0.2, -0.15) is 0 Å². The van der Waals surface area contributed by atoms with Gasteiger partial charge >= 0.3 is 0 Å². The molecule has 0 saturated carbocycles. The zero-order chi connectivity index (χ0) is 18.2. The molecule has 4 heteroatoms. The Morgan fingerprint density at radius 3 is 2.33 bits per heavy atom. The van der Waals surface area contributed by atoms with Crippen LogP contribution in [0.3, 0.4) is 0 Å². The lowest BCUT2D eigenvalue weighted by atomic mass is 9.94. The topological polar surface area (TPSA) is 37.6 Å². The minimum atomic E-state index is 0.0759. The van der Waals surface area contributed by atoms with E-state index in [1.807, 2.05) is 82.4 Å². The average molecular weight is 353 g/mol. The molecule has 2 aromatic carbocycles. The lowest BCUT2D eigenvalue weighted by Crippen LogP contribution is -2.45. The summed E-state index contributed by atoms with van der Waals surface area (Å²) in [7, 11) is 0. The lowest BCUT2D eigenvalue weighted by molar-refractivity contribution is 0.0460. The summed E-state index contributed by atoms with van der Waals surface area (Å²) in [5, 5.41) is 0. The van der Waals surface area contributed by atoms with Crippen LogP contribution in [0.15, 0.2) is 85.2 Å². The third-order valence-electron chi connectivity index (χ3n) is 5.23. The first-order valence-electron chi connectivity index (χ1n) is 9.20. The number of carbonyl (C=O) groups excluding carboxylic acids is 1. The summed E-state index contributed by atoms with van der Waals surface area (Å²) < 4.78 is 1.94. The van der Waals surface area contributed by atoms with E-state index in [1.54, 1.807) is 0 Å². The van der Waals surface area contributed by atoms with Crippen LogP contribution < -0.4 is 0 Å². The van der Waals surface area contributed by atoms with Crippen molar-refractivity contribution < 1.29 is 4.79 Å². The van der Waals surface area contributed by atoms with Crippen LogP contribution in [0.1, 0.15) is 28.4 Å². The normalized spacial score (nSPS) is 16.3. The highest BCUT2D eigenvalue weighted by Crippen LogP contribution is 2.34. The molecule has 0 radical (unpaired) electrons. The van der Waals surface area contributed by atoms with Crippen molar-refractivity contribution in [1.82, 2.24) is 14.3 Å². The minimum Gasteiger partial charge on any atom is -0.331 e. The Balaban J connectivity index is 1.44. The van der Waals surface area contributed by atoms with Gasteiger partial charge in [0.2, 0.25) is 0 Å². The largest absolute Gasteiger partial charge is 0.331 e. The predicted molar refractivity (Wildman–Crippen MR) is 105 cm³/mol. The zero-order valence-electron chi connectivity index (χ0n) is 14.8. The average Bonchev–Trinajstić information content (AvgIpc) is 3.12. The second-order valence-corrected chi connectivity index (χ2v) is 6.89. The summed E-state index contributed by atoms with van der Waals surface area (Å²) in [4.78, 5) is 19.6. The van der Waals surface area contributed by atoms with Crippen molar-refractivity contribution in [1.29, 1.82) is 0 Å². The van der Waals surface area contributed by atoms with E-state index in [0.29, 0.717) is 5.56 Å². The van der Waals surface area contributed by atoms with Gasteiger partial charge in [0.15, 0.2) is 0 Å². The van der Waals surface area contributed by atoms with E-state index >= 15 is 0 Å². The molecule has 0 N–H and O–H groups in total. The number of hydrogen-bond donors (Lipinski definition) is 0. The van der Waals surface area contributed by atoms with Gasteiger partial charge in [0.1, 0.15) is 5.65 Å². The number of imidazole rings is 1. The van der Waals surface area contributed by atoms with Crippen LogP contribution in [-0.4, -0.2) is 26.7 Å². The fourth-order valence-corrected chi connectivity index (χ4v) is 3.68. The maximum absolute atomic E-state index is 13.0. The molecule has 0 spiro atoms. The van der Waals surface area contributed by atoms with Gasteiger partial charge in [0, 0.05) is 24.5 Å². The van der Waals surface area contributed by atoms with Crippen molar-refractivity contribution in [3.05, 3.63) is 96.3 Å². The smallest absolute Gasteiger partial charge is 0.255 e. The fourth-order valence-electron chi connectivity index (χ4n) is 3.68. The molecule has 3 heterocycles. The van der Waals surface area contributed by atoms with Crippen LogP contribution in [0.2, 0.25) is 0 Å². The highest BCUT2D eigenvalue weighted by Gasteiger charge is 2.33. The third-order valence-corrected chi connectivity index (χ3v) is 5.23. The Morgan fingerprint density at radius 1 is 0.889 bits per heavy atom. The standard InChI is InChI=1S/C23H19N3O/c27-23(26-14-13-21(26)18-9-5-2-6-10-18)19-11-12-22-24-20(16-25(22)15-19)17-7-3-1-4-8-17/h1-12,15-16,21H,13-14H2/t21-/m0/s1. The number of likely N-dealkylation sites (tertiary alicyclic amines) is 1. The van der Waals surface area contributed by atoms with E-state index in [2.05, 4.69) is 17.1 Å². The molecule has 1 amide bonds. The number of nitrogens with zero attached hydrogens (tertiary/aromatic N) is 3. The van der Waals surface area contributed by atoms with Crippen LogP contribution in [0.4, 0.5) is 0 Å². The number of carbonyl (C=O) groups is 1. The molecular formula is C23H19N3O. The Labute approximate surface area is 157 Å². The number of pyridine rings is 1. The summed E-state index contributed by atoms with van der Waals surface area (Å²) in [6.45, 7) is 0.801. The second-order valence-electron chi connectivity index (χ2n) is 6.89. The highest BCUT2D eigenvalue weighted by molar-refractivity contribution is 5.95. The minimum absolute atomic E-state index is 0.0759. The second kappa shape index (κ2) is 6.40. The molecule has 1 atom stereocenters. The van der Waals surface area contributed by atoms with Gasteiger partial charge in [0.25, 0.3) is 5.91 Å². The zero-order valence-corrected chi connectivity index (χ0v) is 14.8. The van der Waals surface area contributed by atoms with Gasteiger partial charge in [-0.1, -0.05) is 60.7 Å². The van der Waals surface area contributed by atoms with Crippen LogP contribution in [0.25, 0.3) is 16.9 Å². The molecule has 5 rings (SSSR count). The van der Waals surface area contributed by atoms with Crippen LogP contribution >= 0.6 is 0 Å². The number of benzene rings is 2. The van der Waals surface area contributed by atoms with Crippen LogP contribution in [0.5, 0.6) is 0 Å². The predicted octanol–water partition coefficient (Wildman–Crippen LogP) is 4.59. The summed E-state index contributed by atoms with van der Waals surface area (Å²) in [6.07, 6.45) is 4.88. The maximum Gasteiger partial charge on any atom is 0.255 e. The number of fused-ring (bicyclic) bond motifs is 1. The van der Waals surface area contributed by atoms with Gasteiger partial charge in [-0.15, -0.1) is 0 Å². The number of rotatable bonds is 3. The molecule has 1 aliphatic heterocycles. The van der Waals surface area contributed by atoms with Gasteiger partial charge in [-0.05, 0) is 24.1 Å².